The first-order chi connectivity index (χ1) is 39.9. The standard InChI is InChI=1S/C72H129N2O7P/c1-7-10-13-16-19-22-25-28-30-32-34-36-37-39-41-43-45-47-50-53-56-59-62-65-72(76)81-70(63-60-57-54-51-48-27-24-21-18-15-12-9-3)69(68-80-82(77,78)79-67-66-74(4,5)6)73-71(75)64-61-58-55-52-49-46-44-42-40-38-35-33-31-29-26-23-20-17-14-11-8-2/h19-20,22-23,28-31,34-36,38,42,44,60,63,69-70H,7-18,21,24-27,32-33,37,39-41,43,45-59,61-62,64-68H2,1-6H3,(H-,73,75,77,78)/p+1/b22-19-,23-20-,30-28-,31-29-,36-34-,38-35-,44-42-,63-60+. The number of rotatable bonds is 61. The van der Waals surface area contributed by atoms with Crippen LogP contribution in [0, 0.1) is 0 Å². The summed E-state index contributed by atoms with van der Waals surface area (Å²) < 4.78 is 30.8. The fourth-order valence-electron chi connectivity index (χ4n) is 9.46. The highest BCUT2D eigenvalue weighted by Gasteiger charge is 2.30. The summed E-state index contributed by atoms with van der Waals surface area (Å²) in [6.07, 6.45) is 82.6. The zero-order chi connectivity index (χ0) is 60.0. The minimum atomic E-state index is -4.46. The number of hydrogen-bond acceptors (Lipinski definition) is 6. The molecule has 0 aliphatic rings. The fraction of sp³-hybridized carbons (Fsp3) is 0.750. The van der Waals surface area contributed by atoms with E-state index in [9.17, 15) is 19.0 Å². The van der Waals surface area contributed by atoms with E-state index < -0.39 is 20.0 Å². The van der Waals surface area contributed by atoms with E-state index >= 15 is 0 Å². The van der Waals surface area contributed by atoms with Gasteiger partial charge in [-0.1, -0.05) is 266 Å². The number of carbonyl (C=O) groups is 2. The Balaban J connectivity index is 5.19. The molecule has 1 amide bonds. The lowest BCUT2D eigenvalue weighted by atomic mass is 10.0. The molecule has 0 aromatic rings. The number of carbonyl (C=O) groups excluding carboxylic acids is 2. The van der Waals surface area contributed by atoms with Gasteiger partial charge in [0.05, 0.1) is 33.8 Å². The zero-order valence-electron chi connectivity index (χ0n) is 54.2. The molecule has 0 aliphatic carbocycles. The Morgan fingerprint density at radius 3 is 1.13 bits per heavy atom. The lowest BCUT2D eigenvalue weighted by Crippen LogP contribution is -2.47. The van der Waals surface area contributed by atoms with Crippen LogP contribution in [-0.4, -0.2) is 74.3 Å². The van der Waals surface area contributed by atoms with Gasteiger partial charge in [0.2, 0.25) is 5.91 Å². The van der Waals surface area contributed by atoms with Gasteiger partial charge in [0.15, 0.2) is 0 Å². The number of unbranched alkanes of at least 4 members (excludes halogenated alkanes) is 31. The molecule has 0 aliphatic heterocycles. The van der Waals surface area contributed by atoms with Crippen LogP contribution in [0.25, 0.3) is 0 Å². The van der Waals surface area contributed by atoms with Crippen molar-refractivity contribution in [1.29, 1.82) is 0 Å². The third kappa shape index (κ3) is 61.5. The van der Waals surface area contributed by atoms with E-state index in [-0.39, 0.29) is 31.5 Å². The van der Waals surface area contributed by atoms with E-state index in [0.717, 1.165) is 109 Å². The maximum absolute atomic E-state index is 13.6. The number of nitrogens with one attached hydrogen (secondary N) is 1. The number of phosphoric ester groups is 1. The lowest BCUT2D eigenvalue weighted by molar-refractivity contribution is -0.870. The molecule has 0 aromatic heterocycles. The highest BCUT2D eigenvalue weighted by molar-refractivity contribution is 7.47. The van der Waals surface area contributed by atoms with Crippen molar-refractivity contribution in [3.8, 4) is 0 Å². The van der Waals surface area contributed by atoms with Crippen LogP contribution < -0.4 is 5.32 Å². The van der Waals surface area contributed by atoms with Gasteiger partial charge in [-0.2, -0.15) is 0 Å². The van der Waals surface area contributed by atoms with Gasteiger partial charge in [0.25, 0.3) is 0 Å². The van der Waals surface area contributed by atoms with Gasteiger partial charge in [0, 0.05) is 12.8 Å². The van der Waals surface area contributed by atoms with Crippen molar-refractivity contribution >= 4 is 19.7 Å². The molecule has 0 fully saturated rings. The van der Waals surface area contributed by atoms with Gasteiger partial charge in [-0.3, -0.25) is 18.6 Å². The van der Waals surface area contributed by atoms with Crippen molar-refractivity contribution in [2.75, 3.05) is 40.9 Å². The summed E-state index contributed by atoms with van der Waals surface area (Å²) in [5.41, 5.74) is 0. The normalized spacial score (nSPS) is 14.2. The second-order valence-electron chi connectivity index (χ2n) is 24.0. The van der Waals surface area contributed by atoms with Crippen molar-refractivity contribution in [3.63, 3.8) is 0 Å². The molecule has 0 saturated heterocycles. The molecule has 2 N–H and O–H groups in total. The summed E-state index contributed by atoms with van der Waals surface area (Å²) in [4.78, 5) is 37.8. The van der Waals surface area contributed by atoms with E-state index in [4.69, 9.17) is 13.8 Å². The maximum atomic E-state index is 13.6. The van der Waals surface area contributed by atoms with E-state index in [1.807, 2.05) is 33.3 Å². The summed E-state index contributed by atoms with van der Waals surface area (Å²) in [6.45, 7) is 6.95. The molecule has 0 radical (unpaired) electrons. The van der Waals surface area contributed by atoms with E-state index in [1.54, 1.807) is 0 Å². The minimum Gasteiger partial charge on any atom is -0.456 e. The molecule has 474 valence electrons. The topological polar surface area (TPSA) is 111 Å². The highest BCUT2D eigenvalue weighted by Crippen LogP contribution is 2.43. The Bertz CT molecular complexity index is 1720. The van der Waals surface area contributed by atoms with E-state index in [2.05, 4.69) is 111 Å². The largest absolute Gasteiger partial charge is 0.472 e. The fourth-order valence-corrected chi connectivity index (χ4v) is 10.2. The minimum absolute atomic E-state index is 0.0316. The molecule has 3 unspecified atom stereocenters. The molecule has 0 saturated carbocycles. The first-order valence-corrected chi connectivity index (χ1v) is 35.6. The van der Waals surface area contributed by atoms with Crippen molar-refractivity contribution in [2.45, 2.75) is 309 Å². The molecule has 0 aromatic carbocycles. The summed E-state index contributed by atoms with van der Waals surface area (Å²) in [5, 5.41) is 3.05. The Kier molecular flexibility index (Phi) is 58.7. The average molecular weight is 1170 g/mol. The zero-order valence-corrected chi connectivity index (χ0v) is 55.1. The average Bonchev–Trinajstić information content (AvgIpc) is 3.44. The molecule has 9 nitrogen and oxygen atoms in total. The van der Waals surface area contributed by atoms with Crippen LogP contribution >= 0.6 is 7.82 Å². The maximum Gasteiger partial charge on any atom is 0.472 e. The second-order valence-corrected chi connectivity index (χ2v) is 25.4. The number of likely N-dealkylation sites (N-methyl/N-ethyl adjacent to an activating group) is 1. The van der Waals surface area contributed by atoms with Gasteiger partial charge in [-0.15, -0.1) is 0 Å². The first kappa shape index (κ1) is 78.9. The number of allylic oxidation sites excluding steroid dienone is 15. The number of esters is 1. The number of hydrogen-bond donors (Lipinski definition) is 2. The Hall–Kier alpha value is -3.07. The molecule has 10 heteroatoms. The molecule has 0 heterocycles. The molecule has 0 bridgehead atoms. The molecular formula is C72H130N2O7P+. The van der Waals surface area contributed by atoms with Gasteiger partial charge in [-0.25, -0.2) is 4.57 Å². The third-order valence-electron chi connectivity index (χ3n) is 14.7. The Morgan fingerprint density at radius 2 is 0.744 bits per heavy atom. The van der Waals surface area contributed by atoms with Gasteiger partial charge in [-0.05, 0) is 115 Å². The van der Waals surface area contributed by atoms with Crippen LogP contribution in [0.4, 0.5) is 0 Å². The van der Waals surface area contributed by atoms with Gasteiger partial charge in [0.1, 0.15) is 19.3 Å². The van der Waals surface area contributed by atoms with Crippen LogP contribution in [0.15, 0.2) is 97.2 Å². The SMILES string of the molecule is CCCCC/C=C\C/C=C\C/C=C\C/C=C\CCCCCCCC(=O)NC(COP(=O)(O)OCC[N+](C)(C)C)C(/C=C/CCCCCCCCCCCC)OC(=O)CCCCCCCCCCCC/C=C\C/C=C\C/C=C\CCCCC. The van der Waals surface area contributed by atoms with Crippen molar-refractivity contribution in [3.05, 3.63) is 97.2 Å². The van der Waals surface area contributed by atoms with Crippen molar-refractivity contribution in [1.82, 2.24) is 5.32 Å². The summed E-state index contributed by atoms with van der Waals surface area (Å²) >= 11 is 0. The predicted octanol–water partition coefficient (Wildman–Crippen LogP) is 21.5. The monoisotopic (exact) mass is 1170 g/mol. The molecular weight excluding hydrogens is 1040 g/mol. The van der Waals surface area contributed by atoms with Gasteiger partial charge >= 0.3 is 13.8 Å². The number of nitrogens with zero attached hydrogens (tertiary/aromatic N) is 1. The lowest BCUT2D eigenvalue weighted by Gasteiger charge is -2.27. The quantitative estimate of drug-likeness (QED) is 0.0205. The van der Waals surface area contributed by atoms with Crippen molar-refractivity contribution in [2.24, 2.45) is 0 Å². The Morgan fingerprint density at radius 1 is 0.427 bits per heavy atom. The van der Waals surface area contributed by atoms with Crippen LogP contribution in [0.1, 0.15) is 297 Å². The van der Waals surface area contributed by atoms with Gasteiger partial charge < -0.3 is 19.4 Å². The Labute approximate surface area is 507 Å². The first-order valence-electron chi connectivity index (χ1n) is 34.1. The third-order valence-corrected chi connectivity index (χ3v) is 15.7. The molecule has 3 atom stereocenters. The van der Waals surface area contributed by atoms with Crippen LogP contribution in [-0.2, 0) is 27.9 Å². The molecule has 0 spiro atoms. The molecule has 0 rings (SSSR count). The predicted molar refractivity (Wildman–Crippen MR) is 355 cm³/mol. The summed E-state index contributed by atoms with van der Waals surface area (Å²) in [7, 11) is 1.47. The smallest absolute Gasteiger partial charge is 0.456 e. The van der Waals surface area contributed by atoms with Crippen LogP contribution in [0.3, 0.4) is 0 Å². The van der Waals surface area contributed by atoms with Crippen molar-refractivity contribution < 1.29 is 37.3 Å². The molecule has 82 heavy (non-hydrogen) atoms. The second kappa shape index (κ2) is 61.0. The number of ether oxygens (including phenoxy) is 1. The summed E-state index contributed by atoms with van der Waals surface area (Å²) in [6, 6.07) is -0.866. The van der Waals surface area contributed by atoms with Crippen LogP contribution in [0.2, 0.25) is 0 Å². The van der Waals surface area contributed by atoms with E-state index in [0.29, 0.717) is 17.4 Å². The number of amides is 1. The number of quaternary nitrogens is 1. The van der Waals surface area contributed by atoms with Crippen LogP contribution in [0.5, 0.6) is 0 Å². The highest BCUT2D eigenvalue weighted by atomic mass is 31.2. The summed E-state index contributed by atoms with van der Waals surface area (Å²) in [5.74, 6) is -0.529. The number of phosphoric acid groups is 1. The van der Waals surface area contributed by atoms with E-state index in [1.165, 1.54) is 154 Å².